The Morgan fingerprint density at radius 1 is 1.39 bits per heavy atom. The molecule has 1 fully saturated rings. The molecule has 1 aliphatic rings. The van der Waals surface area contributed by atoms with Gasteiger partial charge in [-0.3, -0.25) is 4.90 Å². The highest BCUT2D eigenvalue weighted by Gasteiger charge is 2.36. The average Bonchev–Trinajstić information content (AvgIpc) is 3.23. The predicted octanol–water partition coefficient (Wildman–Crippen LogP) is 2.72. The molecular weight excluding hydrogens is 246 g/mol. The van der Waals surface area contributed by atoms with Crippen molar-refractivity contribution in [2.24, 2.45) is 0 Å². The lowest BCUT2D eigenvalue weighted by Crippen LogP contribution is -2.33. The third kappa shape index (κ3) is 2.87. The maximum Gasteiger partial charge on any atom is 0.327 e. The van der Waals surface area contributed by atoms with Crippen LogP contribution >= 0.6 is 11.8 Å². The number of methoxy groups -OCH3 is 1. The van der Waals surface area contributed by atoms with Crippen LogP contribution in [0.3, 0.4) is 0 Å². The van der Waals surface area contributed by atoms with E-state index >= 15 is 0 Å². The zero-order chi connectivity index (χ0) is 13.1. The number of hydrogen-bond acceptors (Lipinski definition) is 4. The van der Waals surface area contributed by atoms with Crippen molar-refractivity contribution in [1.29, 1.82) is 0 Å². The molecule has 1 saturated carbocycles. The van der Waals surface area contributed by atoms with E-state index in [9.17, 15) is 4.79 Å². The summed E-state index contributed by atoms with van der Waals surface area (Å²) < 4.78 is 4.94. The van der Waals surface area contributed by atoms with E-state index in [1.165, 1.54) is 24.8 Å². The highest BCUT2D eigenvalue weighted by molar-refractivity contribution is 7.98. The molecule has 18 heavy (non-hydrogen) atoms. The molecule has 98 valence electrons. The van der Waals surface area contributed by atoms with E-state index in [1.54, 1.807) is 11.8 Å². The highest BCUT2D eigenvalue weighted by Crippen LogP contribution is 2.34. The van der Waals surface area contributed by atoms with Crippen molar-refractivity contribution in [1.82, 2.24) is 4.90 Å². The first kappa shape index (κ1) is 13.4. The van der Waals surface area contributed by atoms with Gasteiger partial charge in [0, 0.05) is 10.9 Å². The summed E-state index contributed by atoms with van der Waals surface area (Å²) in [5.41, 5.74) is 1.01. The maximum absolute atomic E-state index is 12.0. The highest BCUT2D eigenvalue weighted by atomic mass is 32.2. The molecular formula is C14H19NO2S. The molecule has 1 aromatic carbocycles. The van der Waals surface area contributed by atoms with Crippen LogP contribution in [0.1, 0.15) is 24.4 Å². The van der Waals surface area contributed by atoms with E-state index in [2.05, 4.69) is 17.0 Å². The van der Waals surface area contributed by atoms with Gasteiger partial charge in [0.15, 0.2) is 0 Å². The Kier molecular flexibility index (Phi) is 4.30. The van der Waals surface area contributed by atoms with Crippen LogP contribution < -0.4 is 0 Å². The normalized spacial score (nSPS) is 16.7. The van der Waals surface area contributed by atoms with Crippen molar-refractivity contribution in [2.75, 3.05) is 20.4 Å². The first-order valence-electron chi connectivity index (χ1n) is 6.11. The summed E-state index contributed by atoms with van der Waals surface area (Å²) in [6, 6.07) is 8.39. The quantitative estimate of drug-likeness (QED) is 0.605. The fourth-order valence-electron chi connectivity index (χ4n) is 2.13. The van der Waals surface area contributed by atoms with Gasteiger partial charge >= 0.3 is 5.97 Å². The van der Waals surface area contributed by atoms with Crippen molar-refractivity contribution in [3.8, 4) is 0 Å². The Morgan fingerprint density at radius 2 is 2.00 bits per heavy atom. The minimum atomic E-state index is -0.279. The molecule has 0 amide bonds. The molecule has 0 aromatic heterocycles. The summed E-state index contributed by atoms with van der Waals surface area (Å²) in [5.74, 6) is -0.179. The van der Waals surface area contributed by atoms with E-state index in [-0.39, 0.29) is 12.0 Å². The van der Waals surface area contributed by atoms with E-state index in [0.717, 1.165) is 5.56 Å². The minimum Gasteiger partial charge on any atom is -0.468 e. The minimum absolute atomic E-state index is 0.179. The fraction of sp³-hybridized carbons (Fsp3) is 0.500. The van der Waals surface area contributed by atoms with E-state index in [4.69, 9.17) is 4.74 Å². The van der Waals surface area contributed by atoms with Crippen molar-refractivity contribution < 1.29 is 9.53 Å². The van der Waals surface area contributed by atoms with Gasteiger partial charge in [-0.15, -0.1) is 11.8 Å². The molecule has 3 nitrogen and oxygen atoms in total. The summed E-state index contributed by atoms with van der Waals surface area (Å²) in [4.78, 5) is 15.3. The number of carbonyl (C=O) groups is 1. The number of esters is 1. The monoisotopic (exact) mass is 265 g/mol. The summed E-state index contributed by atoms with van der Waals surface area (Å²) in [6.45, 7) is 0. The van der Waals surface area contributed by atoms with Crippen molar-refractivity contribution in [3.05, 3.63) is 29.8 Å². The molecule has 0 heterocycles. The molecule has 1 aromatic rings. The number of rotatable bonds is 5. The van der Waals surface area contributed by atoms with Crippen LogP contribution in [-0.4, -0.2) is 37.3 Å². The van der Waals surface area contributed by atoms with E-state index in [1.807, 2.05) is 25.4 Å². The van der Waals surface area contributed by atoms with Crippen LogP contribution in [0.4, 0.5) is 0 Å². The van der Waals surface area contributed by atoms with Gasteiger partial charge in [-0.05, 0) is 43.8 Å². The molecule has 0 aliphatic heterocycles. The Bertz CT molecular complexity index is 414. The summed E-state index contributed by atoms with van der Waals surface area (Å²) in [7, 11) is 3.45. The molecule has 1 atom stereocenters. The number of ether oxygens (including phenoxy) is 1. The average molecular weight is 265 g/mol. The van der Waals surface area contributed by atoms with Gasteiger partial charge in [0.25, 0.3) is 0 Å². The van der Waals surface area contributed by atoms with E-state index in [0.29, 0.717) is 6.04 Å². The first-order valence-corrected chi connectivity index (χ1v) is 7.33. The fourth-order valence-corrected chi connectivity index (χ4v) is 2.54. The van der Waals surface area contributed by atoms with Crippen LogP contribution in [0.15, 0.2) is 29.2 Å². The van der Waals surface area contributed by atoms with Crippen molar-refractivity contribution in [3.63, 3.8) is 0 Å². The van der Waals surface area contributed by atoms with Gasteiger partial charge in [0.1, 0.15) is 6.04 Å². The topological polar surface area (TPSA) is 29.5 Å². The van der Waals surface area contributed by atoms with Gasteiger partial charge in [-0.2, -0.15) is 0 Å². The van der Waals surface area contributed by atoms with Crippen LogP contribution in [0.25, 0.3) is 0 Å². The van der Waals surface area contributed by atoms with Gasteiger partial charge in [-0.1, -0.05) is 12.1 Å². The van der Waals surface area contributed by atoms with Crippen LogP contribution in [0.2, 0.25) is 0 Å². The second kappa shape index (κ2) is 5.76. The largest absolute Gasteiger partial charge is 0.468 e. The number of likely N-dealkylation sites (N-methyl/N-ethyl adjacent to an activating group) is 1. The van der Waals surface area contributed by atoms with Gasteiger partial charge in [0.05, 0.1) is 7.11 Å². The van der Waals surface area contributed by atoms with Crippen LogP contribution in [-0.2, 0) is 9.53 Å². The number of thioether (sulfide) groups is 1. The smallest absolute Gasteiger partial charge is 0.327 e. The molecule has 0 spiro atoms. The zero-order valence-corrected chi connectivity index (χ0v) is 11.9. The van der Waals surface area contributed by atoms with Crippen molar-refractivity contribution in [2.45, 2.75) is 29.8 Å². The van der Waals surface area contributed by atoms with Crippen LogP contribution in [0.5, 0.6) is 0 Å². The number of benzene rings is 1. The standard InChI is InChI=1S/C14H19NO2S/c1-15(11-6-7-11)13(14(16)17-2)10-4-8-12(18-3)9-5-10/h4-5,8-9,11,13H,6-7H2,1-3H3. The lowest BCUT2D eigenvalue weighted by atomic mass is 10.1. The number of carbonyl (C=O) groups excluding carboxylic acids is 1. The van der Waals surface area contributed by atoms with Gasteiger partial charge in [-0.25, -0.2) is 4.79 Å². The molecule has 4 heteroatoms. The Hall–Kier alpha value is -1.00. The maximum atomic E-state index is 12.0. The molecule has 0 radical (unpaired) electrons. The third-order valence-electron chi connectivity index (χ3n) is 3.39. The Labute approximate surface area is 113 Å². The summed E-state index contributed by atoms with van der Waals surface area (Å²) in [5, 5.41) is 0. The van der Waals surface area contributed by atoms with Crippen molar-refractivity contribution >= 4 is 17.7 Å². The lowest BCUT2D eigenvalue weighted by Gasteiger charge is -2.26. The Balaban J connectivity index is 2.23. The SMILES string of the molecule is COC(=O)C(c1ccc(SC)cc1)N(C)C1CC1. The number of nitrogens with zero attached hydrogens (tertiary/aromatic N) is 1. The van der Waals surface area contributed by atoms with Crippen LogP contribution in [0, 0.1) is 0 Å². The molecule has 1 unspecified atom stereocenters. The molecule has 0 N–H and O–H groups in total. The molecule has 0 saturated heterocycles. The Morgan fingerprint density at radius 3 is 2.44 bits per heavy atom. The van der Waals surface area contributed by atoms with E-state index < -0.39 is 0 Å². The second-order valence-corrected chi connectivity index (χ2v) is 5.48. The molecule has 1 aliphatic carbocycles. The molecule has 0 bridgehead atoms. The summed E-state index contributed by atoms with van der Waals surface area (Å²) >= 11 is 1.70. The first-order chi connectivity index (χ1) is 8.67. The number of hydrogen-bond donors (Lipinski definition) is 0. The third-order valence-corrected chi connectivity index (χ3v) is 4.13. The lowest BCUT2D eigenvalue weighted by molar-refractivity contribution is -0.147. The summed E-state index contributed by atoms with van der Waals surface area (Å²) in [6.07, 6.45) is 4.39. The predicted molar refractivity (Wildman–Crippen MR) is 73.8 cm³/mol. The van der Waals surface area contributed by atoms with Gasteiger partial charge < -0.3 is 4.74 Å². The second-order valence-electron chi connectivity index (χ2n) is 4.60. The zero-order valence-electron chi connectivity index (χ0n) is 11.1. The van der Waals surface area contributed by atoms with Gasteiger partial charge in [0.2, 0.25) is 0 Å². The molecule has 2 rings (SSSR count).